The fourth-order valence-electron chi connectivity index (χ4n) is 6.59. The molecule has 0 spiro atoms. The van der Waals surface area contributed by atoms with Crippen molar-refractivity contribution in [1.82, 2.24) is 15.3 Å². The summed E-state index contributed by atoms with van der Waals surface area (Å²) >= 11 is 1.42. The number of hydrogen-bond acceptors (Lipinski definition) is 5. The Balaban J connectivity index is 1.29. The number of rotatable bonds is 6. The van der Waals surface area contributed by atoms with Crippen LogP contribution in [0.2, 0.25) is 0 Å². The smallest absolute Gasteiger partial charge is 0.248 e. The van der Waals surface area contributed by atoms with Crippen molar-refractivity contribution in [3.05, 3.63) is 30.1 Å². The first-order valence-electron chi connectivity index (χ1n) is 11.8. The Morgan fingerprint density at radius 2 is 1.75 bits per heavy atom. The van der Waals surface area contributed by atoms with Gasteiger partial charge in [0.25, 0.3) is 0 Å². The molecule has 4 aliphatic carbocycles. The van der Waals surface area contributed by atoms with Gasteiger partial charge < -0.3 is 10.6 Å². The van der Waals surface area contributed by atoms with Gasteiger partial charge in [0.1, 0.15) is 6.04 Å². The molecule has 6 nitrogen and oxygen atoms in total. The van der Waals surface area contributed by atoms with Crippen LogP contribution in [0.4, 0.5) is 5.13 Å². The summed E-state index contributed by atoms with van der Waals surface area (Å²) in [5.74, 6) is 1.98. The molecular weight excluding hydrogens is 420 g/mol. The normalized spacial score (nSPS) is 29.2. The van der Waals surface area contributed by atoms with Gasteiger partial charge in [0.2, 0.25) is 11.8 Å². The third-order valence-electron chi connectivity index (χ3n) is 7.68. The first-order chi connectivity index (χ1) is 15.3. The monoisotopic (exact) mass is 452 g/mol. The molecular formula is C25H32N4O2S. The fraction of sp³-hybridized carbons (Fsp3) is 0.600. The van der Waals surface area contributed by atoms with Crippen molar-refractivity contribution in [3.63, 3.8) is 0 Å². The van der Waals surface area contributed by atoms with Crippen LogP contribution in [-0.2, 0) is 9.59 Å². The zero-order valence-electron chi connectivity index (χ0n) is 19.1. The topological polar surface area (TPSA) is 84.0 Å². The Kier molecular flexibility index (Phi) is 5.56. The molecule has 0 unspecified atom stereocenters. The molecule has 170 valence electrons. The van der Waals surface area contributed by atoms with Crippen molar-refractivity contribution in [1.29, 1.82) is 0 Å². The molecule has 6 rings (SSSR count). The van der Waals surface area contributed by atoms with Gasteiger partial charge in [-0.15, -0.1) is 0 Å². The average molecular weight is 453 g/mol. The van der Waals surface area contributed by atoms with Crippen LogP contribution in [-0.4, -0.2) is 27.8 Å². The molecule has 2 amide bonds. The Labute approximate surface area is 193 Å². The average Bonchev–Trinajstić information content (AvgIpc) is 3.11. The van der Waals surface area contributed by atoms with Crippen LogP contribution in [0.25, 0.3) is 10.6 Å². The number of aromatic nitrogens is 2. The Hall–Kier alpha value is -2.28. The maximum atomic E-state index is 13.5. The SMILES string of the molecule is Cc1nc(NC(=O)[C@H](NC(=O)C23CC4CC(CC(C4)C2)C3)C(C)C)sc1-c1ccccn1. The second-order valence-electron chi connectivity index (χ2n) is 10.5. The summed E-state index contributed by atoms with van der Waals surface area (Å²) in [5.41, 5.74) is 1.42. The van der Waals surface area contributed by atoms with Crippen LogP contribution in [0.1, 0.15) is 58.1 Å². The molecule has 4 bridgehead atoms. The fourth-order valence-corrected chi connectivity index (χ4v) is 7.53. The van der Waals surface area contributed by atoms with Gasteiger partial charge in [-0.2, -0.15) is 0 Å². The summed E-state index contributed by atoms with van der Waals surface area (Å²) in [6, 6.07) is 5.18. The molecule has 1 atom stereocenters. The molecule has 32 heavy (non-hydrogen) atoms. The molecule has 0 radical (unpaired) electrons. The number of thiazole rings is 1. The van der Waals surface area contributed by atoms with Crippen molar-refractivity contribution in [2.45, 2.75) is 65.3 Å². The van der Waals surface area contributed by atoms with Gasteiger partial charge in [-0.1, -0.05) is 31.3 Å². The number of hydrogen-bond donors (Lipinski definition) is 2. The molecule has 2 heterocycles. The van der Waals surface area contributed by atoms with Gasteiger partial charge in [0, 0.05) is 11.6 Å². The minimum absolute atomic E-state index is 0.0100. The van der Waals surface area contributed by atoms with Crippen molar-refractivity contribution in [2.24, 2.45) is 29.1 Å². The first kappa shape index (κ1) is 21.6. The van der Waals surface area contributed by atoms with Crippen molar-refractivity contribution in [2.75, 3.05) is 5.32 Å². The molecule has 4 saturated carbocycles. The highest BCUT2D eigenvalue weighted by Gasteiger charge is 2.55. The van der Waals surface area contributed by atoms with E-state index >= 15 is 0 Å². The molecule has 4 aliphatic rings. The second kappa shape index (κ2) is 8.25. The molecule has 2 aromatic rings. The number of pyridine rings is 1. The molecule has 2 N–H and O–H groups in total. The van der Waals surface area contributed by atoms with Crippen LogP contribution in [0.3, 0.4) is 0 Å². The second-order valence-corrected chi connectivity index (χ2v) is 11.5. The molecule has 7 heteroatoms. The van der Waals surface area contributed by atoms with Crippen LogP contribution in [0.5, 0.6) is 0 Å². The summed E-state index contributed by atoms with van der Waals surface area (Å²) in [6.45, 7) is 5.89. The van der Waals surface area contributed by atoms with Crippen molar-refractivity contribution in [3.8, 4) is 10.6 Å². The van der Waals surface area contributed by atoms with Gasteiger partial charge in [-0.05, 0) is 81.3 Å². The van der Waals surface area contributed by atoms with E-state index in [1.807, 2.05) is 39.0 Å². The minimum Gasteiger partial charge on any atom is -0.344 e. The van der Waals surface area contributed by atoms with Gasteiger partial charge in [-0.25, -0.2) is 4.98 Å². The molecule has 0 aliphatic heterocycles. The molecule has 2 aromatic heterocycles. The lowest BCUT2D eigenvalue weighted by Crippen LogP contribution is -2.57. The number of amides is 2. The lowest BCUT2D eigenvalue weighted by atomic mass is 9.49. The van der Waals surface area contributed by atoms with E-state index in [1.165, 1.54) is 30.6 Å². The maximum Gasteiger partial charge on any atom is 0.248 e. The van der Waals surface area contributed by atoms with Gasteiger partial charge in [-0.3, -0.25) is 14.6 Å². The van der Waals surface area contributed by atoms with E-state index in [0.717, 1.165) is 35.5 Å². The standard InChI is InChI=1S/C25H32N4O2S/c1-14(2)20(28-23(31)25-11-16-8-17(12-25)10-18(9-16)13-25)22(30)29-24-27-15(3)21(32-24)19-6-4-5-7-26-19/h4-7,14,16-18,20H,8-13H2,1-3H3,(H,28,31)(H,27,29,30)/t16?,17?,18?,20-,25?/m1/s1. The summed E-state index contributed by atoms with van der Waals surface area (Å²) < 4.78 is 0. The van der Waals surface area contributed by atoms with Crippen LogP contribution < -0.4 is 10.6 Å². The van der Waals surface area contributed by atoms with Gasteiger partial charge in [0.05, 0.1) is 16.3 Å². The Morgan fingerprint density at radius 1 is 1.09 bits per heavy atom. The van der Waals surface area contributed by atoms with Crippen LogP contribution in [0, 0.1) is 36.0 Å². The van der Waals surface area contributed by atoms with E-state index in [0.29, 0.717) is 22.9 Å². The van der Waals surface area contributed by atoms with E-state index in [2.05, 4.69) is 20.6 Å². The zero-order chi connectivity index (χ0) is 22.5. The predicted molar refractivity (Wildman–Crippen MR) is 126 cm³/mol. The van der Waals surface area contributed by atoms with Crippen LogP contribution in [0.15, 0.2) is 24.4 Å². The van der Waals surface area contributed by atoms with Crippen LogP contribution >= 0.6 is 11.3 Å². The summed E-state index contributed by atoms with van der Waals surface area (Å²) in [5, 5.41) is 6.66. The van der Waals surface area contributed by atoms with Crippen molar-refractivity contribution >= 4 is 28.3 Å². The predicted octanol–water partition coefficient (Wildman–Crippen LogP) is 4.81. The highest BCUT2D eigenvalue weighted by atomic mass is 32.1. The molecule has 4 fully saturated rings. The largest absolute Gasteiger partial charge is 0.344 e. The molecule has 0 aromatic carbocycles. The van der Waals surface area contributed by atoms with E-state index in [9.17, 15) is 9.59 Å². The molecule has 0 saturated heterocycles. The Morgan fingerprint density at radius 3 is 2.31 bits per heavy atom. The highest BCUT2D eigenvalue weighted by Crippen LogP contribution is 2.60. The Bertz CT molecular complexity index is 981. The highest BCUT2D eigenvalue weighted by molar-refractivity contribution is 7.19. The number of carbonyl (C=O) groups is 2. The van der Waals surface area contributed by atoms with E-state index in [1.54, 1.807) is 6.20 Å². The zero-order valence-corrected chi connectivity index (χ0v) is 19.9. The maximum absolute atomic E-state index is 13.5. The third-order valence-corrected chi connectivity index (χ3v) is 8.78. The van der Waals surface area contributed by atoms with Gasteiger partial charge >= 0.3 is 0 Å². The first-order valence-corrected chi connectivity index (χ1v) is 12.7. The lowest BCUT2D eigenvalue weighted by molar-refractivity contribution is -0.148. The summed E-state index contributed by atoms with van der Waals surface area (Å²) in [7, 11) is 0. The van der Waals surface area contributed by atoms with E-state index in [4.69, 9.17) is 0 Å². The number of carbonyl (C=O) groups excluding carboxylic acids is 2. The number of anilines is 1. The number of nitrogens with one attached hydrogen (secondary N) is 2. The van der Waals surface area contributed by atoms with E-state index in [-0.39, 0.29) is 23.1 Å². The quantitative estimate of drug-likeness (QED) is 0.659. The van der Waals surface area contributed by atoms with E-state index < -0.39 is 6.04 Å². The summed E-state index contributed by atoms with van der Waals surface area (Å²) in [6.07, 6.45) is 8.62. The lowest BCUT2D eigenvalue weighted by Gasteiger charge is -2.55. The number of nitrogens with zero attached hydrogens (tertiary/aromatic N) is 2. The number of aryl methyl sites for hydroxylation is 1. The third kappa shape index (κ3) is 3.96. The van der Waals surface area contributed by atoms with Crippen molar-refractivity contribution < 1.29 is 9.59 Å². The summed E-state index contributed by atoms with van der Waals surface area (Å²) in [4.78, 5) is 36.6. The minimum atomic E-state index is -0.571. The van der Waals surface area contributed by atoms with Gasteiger partial charge in [0.15, 0.2) is 5.13 Å².